The van der Waals surface area contributed by atoms with Crippen LogP contribution in [0.2, 0.25) is 0 Å². The van der Waals surface area contributed by atoms with Gasteiger partial charge in [-0.2, -0.15) is 0 Å². The smallest absolute Gasteiger partial charge is 0.731 e. The minimum absolute atomic E-state index is 0. The molecule has 0 spiro atoms. The van der Waals surface area contributed by atoms with Crippen molar-refractivity contribution in [2.45, 2.75) is 18.7 Å². The first-order valence-electron chi connectivity index (χ1n) is 8.63. The van der Waals surface area contributed by atoms with Gasteiger partial charge in [0.25, 0.3) is 11.8 Å². The predicted molar refractivity (Wildman–Crippen MR) is 104 cm³/mol. The molecule has 1 aliphatic rings. The number of hydrogen-bond donors (Lipinski definition) is 3. The fourth-order valence-corrected chi connectivity index (χ4v) is 4.01. The molecule has 18 nitrogen and oxygen atoms in total. The van der Waals surface area contributed by atoms with Crippen LogP contribution in [-0.2, 0) is 43.1 Å². The number of nitrogens with two attached hydrogens (primary N) is 2. The van der Waals surface area contributed by atoms with Crippen LogP contribution in [0.15, 0.2) is 10.5 Å². The van der Waals surface area contributed by atoms with Crippen LogP contribution in [0.25, 0.3) is 0 Å². The molecular weight excluding hydrogens is 511 g/mol. The van der Waals surface area contributed by atoms with Gasteiger partial charge in [0, 0.05) is 12.4 Å². The molecule has 0 saturated carbocycles. The number of rotatable bonds is 9. The van der Waals surface area contributed by atoms with E-state index in [0.29, 0.717) is 0 Å². The van der Waals surface area contributed by atoms with Crippen molar-refractivity contribution in [2.75, 3.05) is 12.3 Å². The topological polar surface area (TPSA) is 263 Å². The second kappa shape index (κ2) is 11.0. The molecule has 0 aliphatic carbocycles. The van der Waals surface area contributed by atoms with E-state index in [1.54, 1.807) is 7.05 Å². The number of carbonyl (C=O) groups excluding carboxylic acids is 3. The molecule has 2 aromatic rings. The molecule has 3 amide bonds. The van der Waals surface area contributed by atoms with Crippen molar-refractivity contribution >= 4 is 50.4 Å². The monoisotopic (exact) mass is 526 g/mol. The first-order chi connectivity index (χ1) is 15.5. The predicted octanol–water partition coefficient (Wildman–Crippen LogP) is -6.58. The van der Waals surface area contributed by atoms with Crippen molar-refractivity contribution in [1.29, 1.82) is 0 Å². The number of carbonyl (C=O) groups is 3. The number of aromatic nitrogens is 5. The molecule has 3 heterocycles. The number of thiazole rings is 1. The third-order valence-electron chi connectivity index (χ3n) is 4.13. The SMILES string of the molecule is Cn1nnnc1CO/N=C(\C(=O)N[C@@H]1C(=O)N(S(=O)(=O)[O-])[C@@H]1COC(N)=O)c1csc(N)n1.[Na+]. The van der Waals surface area contributed by atoms with Crippen LogP contribution < -0.4 is 46.3 Å². The summed E-state index contributed by atoms with van der Waals surface area (Å²) in [5, 5.41) is 18.1. The Hall–Kier alpha value is -2.91. The Balaban J connectivity index is 0.00000408. The molecule has 0 unspecified atom stereocenters. The van der Waals surface area contributed by atoms with Crippen molar-refractivity contribution in [3.63, 3.8) is 0 Å². The summed E-state index contributed by atoms with van der Waals surface area (Å²) in [5.41, 5.74) is 9.98. The minimum Gasteiger partial charge on any atom is -0.731 e. The van der Waals surface area contributed by atoms with E-state index >= 15 is 0 Å². The Morgan fingerprint density at radius 2 is 2.12 bits per heavy atom. The largest absolute Gasteiger partial charge is 1.00 e. The van der Waals surface area contributed by atoms with Gasteiger partial charge in [-0.1, -0.05) is 5.16 Å². The second-order valence-electron chi connectivity index (χ2n) is 6.24. The zero-order chi connectivity index (χ0) is 24.3. The quantitative estimate of drug-likeness (QED) is 0.0903. The zero-order valence-corrected chi connectivity index (χ0v) is 21.1. The first kappa shape index (κ1) is 27.3. The van der Waals surface area contributed by atoms with Gasteiger partial charge in [-0.15, -0.1) is 16.4 Å². The van der Waals surface area contributed by atoms with E-state index in [4.69, 9.17) is 16.3 Å². The van der Waals surface area contributed by atoms with E-state index in [1.807, 2.05) is 0 Å². The maximum atomic E-state index is 12.8. The van der Waals surface area contributed by atoms with Gasteiger partial charge >= 0.3 is 35.7 Å². The number of β-lactam (4-membered cyclic amide) rings is 1. The number of anilines is 1. The van der Waals surface area contributed by atoms with Gasteiger partial charge in [0.05, 0.1) is 0 Å². The van der Waals surface area contributed by atoms with Gasteiger partial charge in [0.15, 0.2) is 33.6 Å². The van der Waals surface area contributed by atoms with Gasteiger partial charge in [-0.25, -0.2) is 27.2 Å². The molecule has 34 heavy (non-hydrogen) atoms. The molecule has 0 bridgehead atoms. The number of nitrogen functional groups attached to an aromatic ring is 1. The number of hydrogen-bond acceptors (Lipinski definition) is 15. The van der Waals surface area contributed by atoms with Crippen LogP contribution in [0.1, 0.15) is 11.5 Å². The number of nitrogens with zero attached hydrogens (tertiary/aromatic N) is 7. The van der Waals surface area contributed by atoms with Crippen molar-refractivity contribution in [2.24, 2.45) is 17.9 Å². The van der Waals surface area contributed by atoms with E-state index in [9.17, 15) is 27.4 Å². The molecule has 21 heteroatoms. The number of oxime groups is 1. The van der Waals surface area contributed by atoms with Crippen LogP contribution in [-0.4, -0.2) is 84.8 Å². The molecule has 178 valence electrons. The number of aryl methyl sites for hydroxylation is 1. The Labute approximate surface area is 216 Å². The van der Waals surface area contributed by atoms with E-state index < -0.39 is 52.6 Å². The summed E-state index contributed by atoms with van der Waals surface area (Å²) in [5.74, 6) is -2.01. The molecule has 1 aliphatic heterocycles. The first-order valence-corrected chi connectivity index (χ1v) is 10.9. The van der Waals surface area contributed by atoms with Crippen molar-refractivity contribution in [3.05, 3.63) is 16.9 Å². The molecule has 2 aromatic heterocycles. The van der Waals surface area contributed by atoms with Gasteiger partial charge in [-0.05, 0) is 10.4 Å². The average Bonchev–Trinajstić information content (AvgIpc) is 3.32. The zero-order valence-electron chi connectivity index (χ0n) is 17.5. The number of nitrogens with one attached hydrogen (secondary N) is 1. The van der Waals surface area contributed by atoms with Gasteiger partial charge in [0.1, 0.15) is 24.4 Å². The number of primary amides is 1. The number of tetrazole rings is 1. The third-order valence-corrected chi connectivity index (χ3v) is 5.74. The van der Waals surface area contributed by atoms with Crippen LogP contribution in [0.5, 0.6) is 0 Å². The number of amides is 3. The summed E-state index contributed by atoms with van der Waals surface area (Å²) in [6, 6.07) is -3.08. The Morgan fingerprint density at radius 1 is 1.41 bits per heavy atom. The summed E-state index contributed by atoms with van der Waals surface area (Å²) in [6.45, 7) is -1.00. The van der Waals surface area contributed by atoms with Crippen LogP contribution in [0, 0.1) is 0 Å². The number of ether oxygens (including phenoxy) is 1. The molecule has 1 saturated heterocycles. The van der Waals surface area contributed by atoms with Crippen molar-refractivity contribution < 1.29 is 66.5 Å². The molecule has 0 radical (unpaired) electrons. The summed E-state index contributed by atoms with van der Waals surface area (Å²) in [7, 11) is -3.70. The summed E-state index contributed by atoms with van der Waals surface area (Å²) < 4.78 is 39.7. The minimum atomic E-state index is -5.25. The molecular formula is C13H15N10NaO8S2. The Morgan fingerprint density at radius 3 is 2.65 bits per heavy atom. The van der Waals surface area contributed by atoms with Gasteiger partial charge in [-0.3, -0.25) is 9.59 Å². The molecule has 3 rings (SSSR count). The van der Waals surface area contributed by atoms with Crippen LogP contribution in [0.3, 0.4) is 0 Å². The van der Waals surface area contributed by atoms with E-state index in [1.165, 1.54) is 10.1 Å². The Kier molecular flexibility index (Phi) is 8.85. The van der Waals surface area contributed by atoms with Gasteiger partial charge in [0.2, 0.25) is 0 Å². The molecule has 0 aromatic carbocycles. The van der Waals surface area contributed by atoms with E-state index in [-0.39, 0.29) is 57.1 Å². The normalized spacial score (nSPS) is 18.0. The molecule has 2 atom stereocenters. The maximum Gasteiger partial charge on any atom is 1.00 e. The van der Waals surface area contributed by atoms with Crippen molar-refractivity contribution in [1.82, 2.24) is 34.8 Å². The van der Waals surface area contributed by atoms with Crippen molar-refractivity contribution in [3.8, 4) is 0 Å². The fraction of sp³-hybridized carbons (Fsp3) is 0.385. The van der Waals surface area contributed by atoms with Crippen LogP contribution in [0.4, 0.5) is 9.93 Å². The summed E-state index contributed by atoms with van der Waals surface area (Å²) in [6.07, 6.45) is -1.28. The van der Waals surface area contributed by atoms with Crippen LogP contribution >= 0.6 is 11.3 Å². The maximum absolute atomic E-state index is 12.8. The summed E-state index contributed by atoms with van der Waals surface area (Å²) >= 11 is 0.985. The fourth-order valence-electron chi connectivity index (χ4n) is 2.62. The van der Waals surface area contributed by atoms with E-state index in [0.717, 1.165) is 11.3 Å². The standard InChI is InChI=1S/C13H16N10O8S2.Na/c1-22-7(18-20-21-22)3-31-19-8(5-4-32-12(14)16-5)10(24)17-9-6(2-30-13(15)26)23(11(9)25)33(27,28)29;/h4,6,9H,2-3H2,1H3,(H2,14,16)(H2,15,26)(H,17,24)(H,27,28,29);/q;+1/p-1/b19-8-;/t6-,9+;/m1./s1. The Bertz CT molecular complexity index is 1210. The molecule has 1 fully saturated rings. The van der Waals surface area contributed by atoms with E-state index in [2.05, 4.69) is 35.7 Å². The third kappa shape index (κ3) is 6.15. The van der Waals surface area contributed by atoms with Gasteiger partial charge < -0.3 is 30.9 Å². The second-order valence-corrected chi connectivity index (χ2v) is 8.38. The average molecular weight is 526 g/mol. The molecule has 5 N–H and O–H groups in total. The summed E-state index contributed by atoms with van der Waals surface area (Å²) in [4.78, 5) is 44.9.